The standard InChI is InChI=1S/C32H28/c1-3-10-23-20-29(25-17-7-13-21-12-5-6-16-24(21)25)26(11-4-2)32-28-19-9-15-22-14-8-18-27(30(22)28)31(23)32/h5-9,12-20H,3-4,10-11H2,1-2H3. The summed E-state index contributed by atoms with van der Waals surface area (Å²) in [4.78, 5) is 0. The quantitative estimate of drug-likeness (QED) is 0.265. The molecule has 0 spiro atoms. The minimum atomic E-state index is 1.09. The normalized spacial score (nSPS) is 11.9. The van der Waals surface area contributed by atoms with E-state index in [4.69, 9.17) is 0 Å². The zero-order valence-electron chi connectivity index (χ0n) is 18.9. The first-order chi connectivity index (χ1) is 15.8. The number of rotatable bonds is 5. The Bertz CT molecular complexity index is 1480. The lowest BCUT2D eigenvalue weighted by molar-refractivity contribution is 0.910. The van der Waals surface area contributed by atoms with Crippen molar-refractivity contribution in [3.8, 4) is 33.4 Å². The van der Waals surface area contributed by atoms with Crippen molar-refractivity contribution in [1.82, 2.24) is 0 Å². The maximum atomic E-state index is 2.53. The van der Waals surface area contributed by atoms with E-state index in [9.17, 15) is 0 Å². The Morgan fingerprint density at radius 1 is 0.531 bits per heavy atom. The van der Waals surface area contributed by atoms with Gasteiger partial charge in [-0.2, -0.15) is 0 Å². The molecule has 1 aliphatic rings. The van der Waals surface area contributed by atoms with Crippen LogP contribution in [0.5, 0.6) is 0 Å². The van der Waals surface area contributed by atoms with Crippen LogP contribution in [0.4, 0.5) is 0 Å². The second kappa shape index (κ2) is 7.64. The molecule has 0 aliphatic heterocycles. The van der Waals surface area contributed by atoms with Crippen LogP contribution in [0.15, 0.2) is 84.9 Å². The third kappa shape index (κ3) is 2.76. The van der Waals surface area contributed by atoms with E-state index in [1.54, 1.807) is 0 Å². The Morgan fingerprint density at radius 3 is 1.91 bits per heavy atom. The number of hydrogen-bond donors (Lipinski definition) is 0. The van der Waals surface area contributed by atoms with Crippen molar-refractivity contribution in [3.63, 3.8) is 0 Å². The SMILES string of the molecule is CCCc1cc(-c2cccc3ccccc23)c(CCC)c2c1-c1cccc3cccc-2c13. The molecule has 5 aromatic rings. The van der Waals surface area contributed by atoms with Gasteiger partial charge in [0.05, 0.1) is 0 Å². The highest BCUT2D eigenvalue weighted by Crippen LogP contribution is 2.53. The molecule has 156 valence electrons. The summed E-state index contributed by atoms with van der Waals surface area (Å²) in [5.74, 6) is 0. The highest BCUT2D eigenvalue weighted by atomic mass is 14.3. The third-order valence-corrected chi connectivity index (χ3v) is 7.06. The topological polar surface area (TPSA) is 0 Å². The summed E-state index contributed by atoms with van der Waals surface area (Å²) in [5, 5.41) is 5.46. The van der Waals surface area contributed by atoms with Gasteiger partial charge in [-0.1, -0.05) is 112 Å². The van der Waals surface area contributed by atoms with Gasteiger partial charge in [0.15, 0.2) is 0 Å². The van der Waals surface area contributed by atoms with Crippen molar-refractivity contribution in [2.24, 2.45) is 0 Å². The minimum absolute atomic E-state index is 1.09. The van der Waals surface area contributed by atoms with Crippen LogP contribution in [-0.4, -0.2) is 0 Å². The van der Waals surface area contributed by atoms with Crippen LogP contribution in [0, 0.1) is 0 Å². The summed E-state index contributed by atoms with van der Waals surface area (Å²) in [6.45, 7) is 4.61. The van der Waals surface area contributed by atoms with Crippen molar-refractivity contribution in [2.75, 3.05) is 0 Å². The molecular weight excluding hydrogens is 384 g/mol. The summed E-state index contributed by atoms with van der Waals surface area (Å²) in [5.41, 5.74) is 11.6. The molecule has 0 unspecified atom stereocenters. The van der Waals surface area contributed by atoms with Gasteiger partial charge in [-0.15, -0.1) is 0 Å². The predicted octanol–water partition coefficient (Wildman–Crippen LogP) is 9.21. The molecule has 0 saturated carbocycles. The van der Waals surface area contributed by atoms with Gasteiger partial charge in [0, 0.05) is 0 Å². The zero-order chi connectivity index (χ0) is 21.7. The Balaban J connectivity index is 1.76. The van der Waals surface area contributed by atoms with E-state index in [0.29, 0.717) is 0 Å². The van der Waals surface area contributed by atoms with E-state index >= 15 is 0 Å². The average molecular weight is 413 g/mol. The van der Waals surface area contributed by atoms with E-state index < -0.39 is 0 Å². The molecule has 1 aliphatic carbocycles. The molecule has 0 bridgehead atoms. The van der Waals surface area contributed by atoms with E-state index in [0.717, 1.165) is 25.7 Å². The minimum Gasteiger partial charge on any atom is -0.0651 e. The second-order valence-electron chi connectivity index (χ2n) is 9.05. The Hall–Kier alpha value is -3.38. The largest absolute Gasteiger partial charge is 0.0651 e. The zero-order valence-corrected chi connectivity index (χ0v) is 18.9. The van der Waals surface area contributed by atoms with Gasteiger partial charge in [0.2, 0.25) is 0 Å². The maximum Gasteiger partial charge on any atom is -0.00262 e. The first kappa shape index (κ1) is 19.3. The second-order valence-corrected chi connectivity index (χ2v) is 9.05. The molecule has 0 aromatic heterocycles. The summed E-state index contributed by atoms with van der Waals surface area (Å²) in [6, 6.07) is 31.8. The average Bonchev–Trinajstić information content (AvgIpc) is 3.17. The van der Waals surface area contributed by atoms with Crippen LogP contribution in [0.3, 0.4) is 0 Å². The fraction of sp³-hybridized carbons (Fsp3) is 0.188. The van der Waals surface area contributed by atoms with Gasteiger partial charge >= 0.3 is 0 Å². The molecule has 0 heteroatoms. The molecular formula is C32H28. The van der Waals surface area contributed by atoms with E-state index in [1.807, 2.05) is 0 Å². The summed E-state index contributed by atoms with van der Waals surface area (Å²) >= 11 is 0. The summed E-state index contributed by atoms with van der Waals surface area (Å²) in [6.07, 6.45) is 4.50. The lowest BCUT2D eigenvalue weighted by Crippen LogP contribution is -2.00. The summed E-state index contributed by atoms with van der Waals surface area (Å²) < 4.78 is 0. The first-order valence-corrected chi connectivity index (χ1v) is 12.0. The smallest absolute Gasteiger partial charge is 0.00262 e. The highest BCUT2D eigenvalue weighted by Gasteiger charge is 2.28. The molecule has 0 atom stereocenters. The van der Waals surface area contributed by atoms with E-state index in [-0.39, 0.29) is 0 Å². The molecule has 5 aromatic carbocycles. The Labute approximate surface area is 190 Å². The van der Waals surface area contributed by atoms with Crippen molar-refractivity contribution in [3.05, 3.63) is 96.1 Å². The Morgan fingerprint density at radius 2 is 1.16 bits per heavy atom. The lowest BCUT2D eigenvalue weighted by Gasteiger charge is -2.20. The van der Waals surface area contributed by atoms with Gasteiger partial charge in [-0.25, -0.2) is 0 Å². The van der Waals surface area contributed by atoms with Crippen molar-refractivity contribution in [2.45, 2.75) is 39.5 Å². The molecule has 0 amide bonds. The lowest BCUT2D eigenvalue weighted by atomic mass is 9.83. The fourth-order valence-electron chi connectivity index (χ4n) is 5.82. The van der Waals surface area contributed by atoms with E-state index in [2.05, 4.69) is 98.8 Å². The maximum absolute atomic E-state index is 2.53. The van der Waals surface area contributed by atoms with Gasteiger partial charge in [-0.3, -0.25) is 0 Å². The number of aryl methyl sites for hydroxylation is 1. The summed E-state index contributed by atoms with van der Waals surface area (Å²) in [7, 11) is 0. The highest BCUT2D eigenvalue weighted by molar-refractivity contribution is 6.17. The fourth-order valence-corrected chi connectivity index (χ4v) is 5.82. The van der Waals surface area contributed by atoms with Crippen LogP contribution in [0.2, 0.25) is 0 Å². The molecule has 0 radical (unpaired) electrons. The van der Waals surface area contributed by atoms with E-state index in [1.165, 1.54) is 66.1 Å². The van der Waals surface area contributed by atoms with Crippen LogP contribution in [0.25, 0.3) is 54.9 Å². The monoisotopic (exact) mass is 412 g/mol. The molecule has 0 heterocycles. The van der Waals surface area contributed by atoms with Crippen LogP contribution < -0.4 is 0 Å². The Kier molecular flexibility index (Phi) is 4.61. The third-order valence-electron chi connectivity index (χ3n) is 7.06. The van der Waals surface area contributed by atoms with Crippen LogP contribution in [-0.2, 0) is 12.8 Å². The van der Waals surface area contributed by atoms with Crippen LogP contribution >= 0.6 is 0 Å². The molecule has 0 N–H and O–H groups in total. The first-order valence-electron chi connectivity index (χ1n) is 12.0. The number of benzene rings is 5. The predicted molar refractivity (Wildman–Crippen MR) is 139 cm³/mol. The van der Waals surface area contributed by atoms with Crippen molar-refractivity contribution >= 4 is 21.5 Å². The number of hydrogen-bond acceptors (Lipinski definition) is 0. The van der Waals surface area contributed by atoms with Crippen molar-refractivity contribution < 1.29 is 0 Å². The van der Waals surface area contributed by atoms with Gasteiger partial charge < -0.3 is 0 Å². The molecule has 6 rings (SSSR count). The molecule has 0 nitrogen and oxygen atoms in total. The molecule has 0 fully saturated rings. The van der Waals surface area contributed by atoms with Gasteiger partial charge in [0.1, 0.15) is 0 Å². The van der Waals surface area contributed by atoms with Gasteiger partial charge in [-0.05, 0) is 78.9 Å². The van der Waals surface area contributed by atoms with Crippen LogP contribution in [0.1, 0.15) is 37.8 Å². The van der Waals surface area contributed by atoms with Gasteiger partial charge in [0.25, 0.3) is 0 Å². The molecule has 0 saturated heterocycles. The molecule has 32 heavy (non-hydrogen) atoms. The number of fused-ring (bicyclic) bond motifs is 4. The van der Waals surface area contributed by atoms with Crippen molar-refractivity contribution in [1.29, 1.82) is 0 Å².